The van der Waals surface area contributed by atoms with Crippen LogP contribution < -0.4 is 24.4 Å². The van der Waals surface area contributed by atoms with E-state index < -0.39 is 12.0 Å². The number of thiazole rings is 1. The number of hydrogen-bond donors (Lipinski definition) is 0. The van der Waals surface area contributed by atoms with Gasteiger partial charge in [0.2, 0.25) is 0 Å². The van der Waals surface area contributed by atoms with E-state index in [2.05, 4.69) is 24.3 Å². The molecular weight excluding hydrogens is 629 g/mol. The fraction of sp³-hybridized carbons (Fsp3) is 0.237. The summed E-state index contributed by atoms with van der Waals surface area (Å²) in [5.74, 6) is 0.738. The lowest BCUT2D eigenvalue weighted by atomic mass is 9.96. The van der Waals surface area contributed by atoms with Crippen molar-refractivity contribution in [2.45, 2.75) is 51.3 Å². The molecule has 9 heteroatoms. The molecule has 1 aliphatic rings. The average molecular weight is 665 g/mol. The molecule has 7 nitrogen and oxygen atoms in total. The second kappa shape index (κ2) is 14.0. The molecule has 0 fully saturated rings. The Morgan fingerprint density at radius 3 is 2.51 bits per heavy atom. The van der Waals surface area contributed by atoms with Gasteiger partial charge in [0.25, 0.3) is 5.56 Å². The molecule has 0 N–H and O–H groups in total. The van der Waals surface area contributed by atoms with Crippen molar-refractivity contribution in [3.05, 3.63) is 133 Å². The normalized spacial score (nSPS) is 14.7. The van der Waals surface area contributed by atoms with Crippen LogP contribution in [0.5, 0.6) is 11.5 Å². The molecule has 0 bridgehead atoms. The number of thioether (sulfide) groups is 1. The van der Waals surface area contributed by atoms with Crippen LogP contribution in [-0.4, -0.2) is 29.5 Å². The highest BCUT2D eigenvalue weighted by Crippen LogP contribution is 2.33. The van der Waals surface area contributed by atoms with E-state index in [0.29, 0.717) is 45.3 Å². The maximum Gasteiger partial charge on any atom is 0.338 e. The molecule has 1 aliphatic heterocycles. The van der Waals surface area contributed by atoms with Crippen molar-refractivity contribution in [3.63, 3.8) is 0 Å². The fourth-order valence-electron chi connectivity index (χ4n) is 5.69. The van der Waals surface area contributed by atoms with Gasteiger partial charge in [0.05, 0.1) is 34.6 Å². The zero-order valence-electron chi connectivity index (χ0n) is 27.0. The maximum atomic E-state index is 14.1. The Labute approximate surface area is 281 Å². The van der Waals surface area contributed by atoms with E-state index in [4.69, 9.17) is 19.2 Å². The van der Waals surface area contributed by atoms with Crippen molar-refractivity contribution < 1.29 is 19.0 Å². The molecule has 1 atom stereocenters. The van der Waals surface area contributed by atoms with Gasteiger partial charge in [-0.2, -0.15) is 0 Å². The van der Waals surface area contributed by atoms with Gasteiger partial charge in [-0.25, -0.2) is 9.79 Å². The van der Waals surface area contributed by atoms with Gasteiger partial charge in [0, 0.05) is 4.90 Å². The topological polar surface area (TPSA) is 79.1 Å². The van der Waals surface area contributed by atoms with Gasteiger partial charge < -0.3 is 14.2 Å². The monoisotopic (exact) mass is 664 g/mol. The quantitative estimate of drug-likeness (QED) is 0.118. The number of aromatic nitrogens is 1. The van der Waals surface area contributed by atoms with Crippen LogP contribution in [0.1, 0.15) is 50.4 Å². The van der Waals surface area contributed by atoms with Crippen LogP contribution in [0, 0.1) is 0 Å². The number of allylic oxidation sites excluding steroid dienone is 1. The summed E-state index contributed by atoms with van der Waals surface area (Å²) in [6, 6.07) is 27.3. The lowest BCUT2D eigenvalue weighted by molar-refractivity contribution is -0.143. The number of ether oxygens (including phenoxy) is 3. The van der Waals surface area contributed by atoms with Crippen LogP contribution in [0.15, 0.2) is 111 Å². The summed E-state index contributed by atoms with van der Waals surface area (Å²) in [5.41, 5.74) is 3.35. The van der Waals surface area contributed by atoms with Crippen LogP contribution >= 0.6 is 23.1 Å². The largest absolute Gasteiger partial charge is 0.490 e. The van der Waals surface area contributed by atoms with Crippen molar-refractivity contribution in [3.8, 4) is 11.5 Å². The molecule has 6 rings (SSSR count). The summed E-state index contributed by atoms with van der Waals surface area (Å²) >= 11 is 2.92. The standard InChI is InChI=1S/C38H36N2O5S2/c1-6-43-32-20-25(14-19-31(32)44-22-28-12-9-11-26-10-7-8-13-30(26)28)21-33-36(41)40-35(27-15-17-29(46-5)18-16-27)34(37(42)45-23(2)3)24(4)39-38(40)47-33/h7-21,23,35H,6,22H2,1-5H3/b33-21-/t35-/m1/s1. The van der Waals surface area contributed by atoms with Gasteiger partial charge in [-0.05, 0) is 91.8 Å². The zero-order valence-corrected chi connectivity index (χ0v) is 28.6. The molecule has 1 aromatic heterocycles. The summed E-state index contributed by atoms with van der Waals surface area (Å²) in [7, 11) is 0. The Hall–Kier alpha value is -4.60. The van der Waals surface area contributed by atoms with Crippen molar-refractivity contribution in [1.82, 2.24) is 4.57 Å². The van der Waals surface area contributed by atoms with Crippen molar-refractivity contribution in [2.75, 3.05) is 12.9 Å². The number of benzene rings is 4. The number of nitrogens with zero attached hydrogens (tertiary/aromatic N) is 2. The Balaban J connectivity index is 1.37. The lowest BCUT2D eigenvalue weighted by Gasteiger charge is -2.25. The van der Waals surface area contributed by atoms with Gasteiger partial charge in [0.1, 0.15) is 6.61 Å². The molecule has 0 amide bonds. The van der Waals surface area contributed by atoms with E-state index in [1.807, 2.05) is 93.8 Å². The molecule has 0 radical (unpaired) electrons. The first-order valence-corrected chi connectivity index (χ1v) is 17.5. The minimum absolute atomic E-state index is 0.232. The molecule has 5 aromatic rings. The van der Waals surface area contributed by atoms with Crippen molar-refractivity contribution >= 4 is 45.9 Å². The summed E-state index contributed by atoms with van der Waals surface area (Å²) < 4.78 is 20.0. The number of fused-ring (bicyclic) bond motifs is 2. The summed E-state index contributed by atoms with van der Waals surface area (Å²) in [4.78, 5) is 33.8. The third-order valence-corrected chi connectivity index (χ3v) is 9.57. The van der Waals surface area contributed by atoms with E-state index in [1.54, 1.807) is 23.3 Å². The first kappa shape index (κ1) is 32.3. The van der Waals surface area contributed by atoms with Crippen molar-refractivity contribution in [2.24, 2.45) is 4.99 Å². The smallest absolute Gasteiger partial charge is 0.338 e. The highest BCUT2D eigenvalue weighted by molar-refractivity contribution is 7.98. The SMILES string of the molecule is CCOc1cc(/C=c2\sc3n(c2=O)[C@H](c2ccc(SC)cc2)C(C(=O)OC(C)C)=C(C)N=3)ccc1OCc1cccc2ccccc12. The molecule has 2 heterocycles. The van der Waals surface area contributed by atoms with Crippen LogP contribution in [0.4, 0.5) is 0 Å². The van der Waals surface area contributed by atoms with Crippen molar-refractivity contribution in [1.29, 1.82) is 0 Å². The van der Waals surface area contributed by atoms with Crippen LogP contribution in [0.2, 0.25) is 0 Å². The van der Waals surface area contributed by atoms with Gasteiger partial charge in [-0.1, -0.05) is 72.0 Å². The zero-order chi connectivity index (χ0) is 33.1. The van der Waals surface area contributed by atoms with E-state index in [9.17, 15) is 9.59 Å². The fourth-order valence-corrected chi connectivity index (χ4v) is 7.14. The number of rotatable bonds is 10. The average Bonchev–Trinajstić information content (AvgIpc) is 3.37. The van der Waals surface area contributed by atoms with Gasteiger partial charge in [0.15, 0.2) is 16.3 Å². The summed E-state index contributed by atoms with van der Waals surface area (Å²) in [5, 5.41) is 2.31. The summed E-state index contributed by atoms with van der Waals surface area (Å²) in [6.45, 7) is 8.18. The third-order valence-electron chi connectivity index (χ3n) is 7.84. The number of carbonyl (C=O) groups excluding carboxylic acids is 1. The Bertz CT molecular complexity index is 2160. The maximum absolute atomic E-state index is 14.1. The molecule has 0 spiro atoms. The predicted octanol–water partition coefficient (Wildman–Crippen LogP) is 7.04. The first-order chi connectivity index (χ1) is 22.8. The van der Waals surface area contributed by atoms with Crippen LogP contribution in [0.25, 0.3) is 16.8 Å². The van der Waals surface area contributed by atoms with Crippen LogP contribution in [-0.2, 0) is 16.1 Å². The van der Waals surface area contributed by atoms with Gasteiger partial charge >= 0.3 is 5.97 Å². The highest BCUT2D eigenvalue weighted by atomic mass is 32.2. The molecule has 0 aliphatic carbocycles. The number of esters is 1. The molecular formula is C38H36N2O5S2. The summed E-state index contributed by atoms with van der Waals surface area (Å²) in [6.07, 6.45) is 3.53. The lowest BCUT2D eigenvalue weighted by Crippen LogP contribution is -2.40. The third kappa shape index (κ3) is 6.77. The number of hydrogen-bond acceptors (Lipinski definition) is 8. The predicted molar refractivity (Wildman–Crippen MR) is 189 cm³/mol. The molecule has 0 saturated carbocycles. The van der Waals surface area contributed by atoms with Gasteiger partial charge in [-0.3, -0.25) is 9.36 Å². The molecule has 240 valence electrons. The molecule has 0 unspecified atom stereocenters. The van der Waals surface area contributed by atoms with Crippen LogP contribution in [0.3, 0.4) is 0 Å². The molecule has 4 aromatic carbocycles. The molecule has 47 heavy (non-hydrogen) atoms. The minimum atomic E-state index is -0.667. The Morgan fingerprint density at radius 2 is 1.77 bits per heavy atom. The molecule has 0 saturated heterocycles. The highest BCUT2D eigenvalue weighted by Gasteiger charge is 2.33. The first-order valence-electron chi connectivity index (χ1n) is 15.5. The van der Waals surface area contributed by atoms with E-state index in [-0.39, 0.29) is 11.7 Å². The van der Waals surface area contributed by atoms with E-state index in [1.165, 1.54) is 11.3 Å². The Morgan fingerprint density at radius 1 is 1.00 bits per heavy atom. The number of carbonyl (C=O) groups is 1. The van der Waals surface area contributed by atoms with E-state index in [0.717, 1.165) is 32.4 Å². The Kier molecular flexibility index (Phi) is 9.66. The second-order valence-electron chi connectivity index (χ2n) is 11.4. The van der Waals surface area contributed by atoms with Gasteiger partial charge in [-0.15, -0.1) is 11.8 Å². The second-order valence-corrected chi connectivity index (χ2v) is 13.3. The minimum Gasteiger partial charge on any atom is -0.490 e. The van der Waals surface area contributed by atoms with E-state index >= 15 is 0 Å².